The molecular formula is C17H27OSiZn-. The second kappa shape index (κ2) is 10.3. The molecule has 3 heteroatoms. The van der Waals surface area contributed by atoms with Crippen molar-refractivity contribution in [2.75, 3.05) is 0 Å². The van der Waals surface area contributed by atoms with E-state index in [9.17, 15) is 5.11 Å². The first-order valence-electron chi connectivity index (χ1n) is 6.81. The number of rotatable bonds is 2. The van der Waals surface area contributed by atoms with E-state index < -0.39 is 8.07 Å². The monoisotopic (exact) mass is 339 g/mol. The zero-order chi connectivity index (χ0) is 15.1. The summed E-state index contributed by atoms with van der Waals surface area (Å²) in [6.45, 7) is 15.7. The second-order valence-electron chi connectivity index (χ2n) is 5.81. The Morgan fingerprint density at radius 1 is 1.05 bits per heavy atom. The van der Waals surface area contributed by atoms with Crippen LogP contribution >= 0.6 is 0 Å². The Balaban J connectivity index is 0. The average molecular weight is 341 g/mol. The third-order valence-corrected chi connectivity index (χ3v) is 3.34. The minimum Gasteiger partial charge on any atom is -0.388 e. The average Bonchev–Trinajstić information content (AvgIpc) is 2.37. The SMILES string of the molecule is CC(C)[C@H](O)c1ccc(C#C[Si](C)(C)C)cc1.[CH2-]C.[Zn]. The van der Waals surface area contributed by atoms with Crippen molar-refractivity contribution >= 4 is 8.07 Å². The van der Waals surface area contributed by atoms with Gasteiger partial charge in [-0.15, -0.1) is 5.54 Å². The second-order valence-corrected chi connectivity index (χ2v) is 10.6. The predicted molar refractivity (Wildman–Crippen MR) is 87.5 cm³/mol. The molecule has 0 saturated heterocycles. The Kier molecular flexibility index (Phi) is 11.3. The molecule has 0 aliphatic heterocycles. The molecular weight excluding hydrogens is 314 g/mol. The summed E-state index contributed by atoms with van der Waals surface area (Å²) in [5.74, 6) is 3.45. The van der Waals surface area contributed by atoms with Gasteiger partial charge in [-0.2, -0.15) is 6.92 Å². The summed E-state index contributed by atoms with van der Waals surface area (Å²) in [6, 6.07) is 7.93. The molecule has 0 amide bonds. The van der Waals surface area contributed by atoms with Gasteiger partial charge in [0.15, 0.2) is 0 Å². The van der Waals surface area contributed by atoms with Crippen LogP contribution in [0.5, 0.6) is 0 Å². The molecule has 0 saturated carbocycles. The topological polar surface area (TPSA) is 20.2 Å². The van der Waals surface area contributed by atoms with Crippen LogP contribution < -0.4 is 0 Å². The Labute approximate surface area is 139 Å². The largest absolute Gasteiger partial charge is 0.388 e. The van der Waals surface area contributed by atoms with Gasteiger partial charge in [-0.25, -0.2) is 0 Å². The van der Waals surface area contributed by atoms with Crippen LogP contribution in [-0.2, 0) is 19.5 Å². The minimum absolute atomic E-state index is 0. The Hall–Kier alpha value is -0.420. The molecule has 0 aromatic heterocycles. The third-order valence-electron chi connectivity index (χ3n) is 2.47. The number of aliphatic hydroxyl groups is 1. The molecule has 108 valence electrons. The molecule has 1 N–H and O–H groups in total. The number of hydrogen-bond acceptors (Lipinski definition) is 1. The van der Waals surface area contributed by atoms with Gasteiger partial charge in [0, 0.05) is 25.0 Å². The zero-order valence-electron chi connectivity index (χ0n) is 13.8. The summed E-state index contributed by atoms with van der Waals surface area (Å²) >= 11 is 0. The van der Waals surface area contributed by atoms with Gasteiger partial charge in [0.2, 0.25) is 0 Å². The quantitative estimate of drug-likeness (QED) is 0.479. The summed E-state index contributed by atoms with van der Waals surface area (Å²) in [6.07, 6.45) is -0.381. The van der Waals surface area contributed by atoms with Gasteiger partial charge in [-0.3, -0.25) is 0 Å². The van der Waals surface area contributed by atoms with Crippen molar-refractivity contribution in [3.8, 4) is 11.5 Å². The van der Waals surface area contributed by atoms with Crippen LogP contribution in [0.2, 0.25) is 19.6 Å². The van der Waals surface area contributed by atoms with Gasteiger partial charge in [0.25, 0.3) is 0 Å². The zero-order valence-corrected chi connectivity index (χ0v) is 17.8. The summed E-state index contributed by atoms with van der Waals surface area (Å²) in [5.41, 5.74) is 5.34. The maximum atomic E-state index is 9.92. The van der Waals surface area contributed by atoms with Gasteiger partial charge in [0.05, 0.1) is 6.10 Å². The van der Waals surface area contributed by atoms with Crippen molar-refractivity contribution in [1.82, 2.24) is 0 Å². The van der Waals surface area contributed by atoms with Crippen LogP contribution in [0.3, 0.4) is 0 Å². The Morgan fingerprint density at radius 3 is 1.85 bits per heavy atom. The van der Waals surface area contributed by atoms with E-state index in [4.69, 9.17) is 0 Å². The van der Waals surface area contributed by atoms with E-state index in [0.29, 0.717) is 0 Å². The van der Waals surface area contributed by atoms with E-state index >= 15 is 0 Å². The van der Waals surface area contributed by atoms with Gasteiger partial charge in [-0.1, -0.05) is 51.5 Å². The van der Waals surface area contributed by atoms with Crippen molar-refractivity contribution in [3.63, 3.8) is 0 Å². The molecule has 1 atom stereocenters. The van der Waals surface area contributed by atoms with E-state index in [2.05, 4.69) is 38.0 Å². The molecule has 0 fully saturated rings. The molecule has 0 spiro atoms. The molecule has 0 aliphatic rings. The van der Waals surface area contributed by atoms with Crippen LogP contribution in [0.25, 0.3) is 0 Å². The van der Waals surface area contributed by atoms with Crippen molar-refractivity contribution in [3.05, 3.63) is 42.3 Å². The van der Waals surface area contributed by atoms with Crippen molar-refractivity contribution in [2.24, 2.45) is 5.92 Å². The molecule has 1 aromatic carbocycles. The molecule has 0 aliphatic carbocycles. The van der Waals surface area contributed by atoms with Gasteiger partial charge < -0.3 is 12.0 Å². The van der Waals surface area contributed by atoms with Gasteiger partial charge in [-0.05, 0) is 23.6 Å². The van der Waals surface area contributed by atoms with E-state index in [-0.39, 0.29) is 31.5 Å². The van der Waals surface area contributed by atoms with Crippen molar-refractivity contribution in [2.45, 2.75) is 46.5 Å². The third kappa shape index (κ3) is 8.69. The summed E-state index contributed by atoms with van der Waals surface area (Å²) in [7, 11) is -1.30. The first-order valence-corrected chi connectivity index (χ1v) is 10.3. The molecule has 0 bridgehead atoms. The standard InChI is InChI=1S/C15H22OSi.C2H5.Zn/c1-12(2)15(16)14-8-6-13(7-9-14)10-11-17(3,4)5;1-2;/h6-9,12,15-16H,1-5H3;1H2,2H3;/q;-1;/t15-;;/m0../s1. The first kappa shape index (κ1) is 21.9. The fourth-order valence-corrected chi connectivity index (χ4v) is 1.93. The van der Waals surface area contributed by atoms with Crippen molar-refractivity contribution in [1.29, 1.82) is 0 Å². The van der Waals surface area contributed by atoms with Gasteiger partial charge >= 0.3 is 0 Å². The summed E-state index contributed by atoms with van der Waals surface area (Å²) < 4.78 is 0. The molecule has 1 rings (SSSR count). The summed E-state index contributed by atoms with van der Waals surface area (Å²) in [4.78, 5) is 0. The number of benzene rings is 1. The van der Waals surface area contributed by atoms with E-state index in [0.717, 1.165) is 11.1 Å². The Morgan fingerprint density at radius 2 is 1.50 bits per heavy atom. The van der Waals surface area contributed by atoms with Crippen LogP contribution in [0.1, 0.15) is 38.0 Å². The fourth-order valence-electron chi connectivity index (χ4n) is 1.41. The molecule has 1 aromatic rings. The van der Waals surface area contributed by atoms with Crippen LogP contribution in [-0.4, -0.2) is 13.2 Å². The van der Waals surface area contributed by atoms with E-state index in [1.165, 1.54) is 0 Å². The van der Waals surface area contributed by atoms with Crippen LogP contribution in [0.4, 0.5) is 0 Å². The number of hydrogen-bond donors (Lipinski definition) is 1. The molecule has 20 heavy (non-hydrogen) atoms. The van der Waals surface area contributed by atoms with Crippen LogP contribution in [0.15, 0.2) is 24.3 Å². The Bertz CT molecular complexity index is 421. The summed E-state index contributed by atoms with van der Waals surface area (Å²) in [5, 5.41) is 9.92. The maximum Gasteiger partial charge on any atom is 0.129 e. The van der Waals surface area contributed by atoms with Gasteiger partial charge in [0.1, 0.15) is 8.07 Å². The van der Waals surface area contributed by atoms with E-state index in [1.54, 1.807) is 6.92 Å². The van der Waals surface area contributed by atoms with E-state index in [1.807, 2.05) is 38.1 Å². The van der Waals surface area contributed by atoms with Crippen LogP contribution in [0, 0.1) is 24.3 Å². The predicted octanol–water partition coefficient (Wildman–Crippen LogP) is 4.44. The maximum absolute atomic E-state index is 9.92. The first-order chi connectivity index (χ1) is 8.79. The molecule has 0 radical (unpaired) electrons. The normalized spacial score (nSPS) is 11.4. The molecule has 0 heterocycles. The fraction of sp³-hybridized carbons (Fsp3) is 0.471. The molecule has 1 nitrogen and oxygen atoms in total. The molecule has 0 unspecified atom stereocenters. The smallest absolute Gasteiger partial charge is 0.129 e. The minimum atomic E-state index is -1.30. The van der Waals surface area contributed by atoms with Crippen molar-refractivity contribution < 1.29 is 24.6 Å². The number of aliphatic hydroxyl groups excluding tert-OH is 1.